The highest BCUT2D eigenvalue weighted by molar-refractivity contribution is 6.12. The summed E-state index contributed by atoms with van der Waals surface area (Å²) >= 11 is 0. The summed E-state index contributed by atoms with van der Waals surface area (Å²) in [6.45, 7) is 3.72. The maximum Gasteiger partial charge on any atom is 0.514 e. The number of anilines is 1. The van der Waals surface area contributed by atoms with E-state index in [1.807, 2.05) is 0 Å². The highest BCUT2D eigenvalue weighted by Crippen LogP contribution is 2.18. The smallest absolute Gasteiger partial charge is 0.429 e. The minimum absolute atomic E-state index is 0.0608. The van der Waals surface area contributed by atoms with Crippen molar-refractivity contribution >= 4 is 53.1 Å². The van der Waals surface area contributed by atoms with Gasteiger partial charge in [-0.05, 0) is 61.4 Å². The summed E-state index contributed by atoms with van der Waals surface area (Å²) in [5, 5.41) is 21.4. The first-order valence-corrected chi connectivity index (χ1v) is 16.9. The van der Waals surface area contributed by atoms with Crippen LogP contribution in [-0.4, -0.2) is 76.7 Å². The molecule has 6 N–H and O–H groups in total. The summed E-state index contributed by atoms with van der Waals surface area (Å²) in [5.74, 6) is -2.51. The Hall–Kier alpha value is -6.33. The van der Waals surface area contributed by atoms with Gasteiger partial charge in [0.05, 0.1) is 4.92 Å². The lowest BCUT2D eigenvalue weighted by Crippen LogP contribution is -2.54. The Morgan fingerprint density at radius 3 is 2.13 bits per heavy atom. The van der Waals surface area contributed by atoms with E-state index in [4.69, 9.17) is 15.2 Å². The van der Waals surface area contributed by atoms with E-state index >= 15 is 0 Å². The number of non-ortho nitro benzene ring substituents is 1. The van der Waals surface area contributed by atoms with Crippen molar-refractivity contribution in [2.75, 3.05) is 18.4 Å². The molecule has 0 saturated carbocycles. The molecule has 0 saturated heterocycles. The van der Waals surface area contributed by atoms with Gasteiger partial charge in [-0.3, -0.25) is 39.0 Å². The molecule has 0 unspecified atom stereocenters. The Bertz CT molecular complexity index is 1660. The largest absolute Gasteiger partial charge is 0.514 e. The first-order chi connectivity index (χ1) is 25.2. The molecule has 0 fully saturated rings. The van der Waals surface area contributed by atoms with Gasteiger partial charge in [0.1, 0.15) is 24.4 Å². The normalized spacial score (nSPS) is 13.2. The number of nitro groups is 1. The van der Waals surface area contributed by atoms with Gasteiger partial charge in [-0.25, -0.2) is 9.59 Å². The molecule has 18 heteroatoms. The van der Waals surface area contributed by atoms with E-state index in [0.717, 1.165) is 4.90 Å². The van der Waals surface area contributed by atoms with E-state index in [1.54, 1.807) is 38.1 Å². The Labute approximate surface area is 304 Å². The minimum atomic E-state index is -1.06. The molecule has 0 radical (unpaired) electrons. The fourth-order valence-electron chi connectivity index (χ4n) is 5.03. The van der Waals surface area contributed by atoms with Gasteiger partial charge < -0.3 is 36.5 Å². The quantitative estimate of drug-likeness (QED) is 0.0330. The van der Waals surface area contributed by atoms with Gasteiger partial charge in [-0.2, -0.15) is 0 Å². The van der Waals surface area contributed by atoms with Gasteiger partial charge >= 0.3 is 12.2 Å². The Morgan fingerprint density at radius 1 is 0.868 bits per heavy atom. The van der Waals surface area contributed by atoms with E-state index < -0.39 is 41.0 Å². The Morgan fingerprint density at radius 2 is 1.53 bits per heavy atom. The predicted molar refractivity (Wildman–Crippen MR) is 189 cm³/mol. The Balaban J connectivity index is 1.52. The van der Waals surface area contributed by atoms with Gasteiger partial charge in [-0.1, -0.05) is 32.4 Å². The molecule has 0 bridgehead atoms. The van der Waals surface area contributed by atoms with Crippen molar-refractivity contribution < 1.29 is 48.0 Å². The molecule has 2 atom stereocenters. The maximum absolute atomic E-state index is 13.4. The number of benzene rings is 2. The topological polar surface area (TPSA) is 258 Å². The number of nitro benzene ring substituents is 1. The van der Waals surface area contributed by atoms with Crippen LogP contribution in [0.5, 0.6) is 5.75 Å². The summed E-state index contributed by atoms with van der Waals surface area (Å²) in [5.41, 5.74) is 5.89. The van der Waals surface area contributed by atoms with Gasteiger partial charge in [0.25, 0.3) is 17.5 Å². The van der Waals surface area contributed by atoms with Crippen molar-refractivity contribution in [3.8, 4) is 5.75 Å². The Kier molecular flexibility index (Phi) is 15.9. The molecule has 0 aliphatic carbocycles. The maximum atomic E-state index is 13.4. The molecule has 2 aromatic rings. The summed E-state index contributed by atoms with van der Waals surface area (Å²) in [6.07, 6.45) is 3.50. The number of amides is 7. The molecule has 2 aromatic carbocycles. The lowest BCUT2D eigenvalue weighted by atomic mass is 10.0. The molecule has 284 valence electrons. The summed E-state index contributed by atoms with van der Waals surface area (Å²) < 4.78 is 10.1. The zero-order valence-electron chi connectivity index (χ0n) is 29.3. The SMILES string of the molecule is CC(C)[C@@H](NC(=O)CCCCCN1C(=O)C=CC1=O)C(=O)N[C@@H](CCCNC(N)=O)C(=O)Nc1ccc(COC(=O)Oc2ccc([N+](=O)[O-])cc2)cc1. The molecule has 0 spiro atoms. The van der Waals surface area contributed by atoms with Crippen LogP contribution in [0.1, 0.15) is 57.9 Å². The number of unbranched alkanes of at least 4 members (excludes halogenated alkanes) is 2. The van der Waals surface area contributed by atoms with Crippen LogP contribution < -0.4 is 31.7 Å². The third kappa shape index (κ3) is 14.1. The summed E-state index contributed by atoms with van der Waals surface area (Å²) in [4.78, 5) is 97.3. The van der Waals surface area contributed by atoms with Crippen LogP contribution in [0.3, 0.4) is 0 Å². The predicted octanol–water partition coefficient (Wildman–Crippen LogP) is 2.81. The van der Waals surface area contributed by atoms with Crippen LogP contribution in [0.15, 0.2) is 60.7 Å². The number of primary amides is 1. The van der Waals surface area contributed by atoms with Gasteiger partial charge in [0, 0.05) is 49.5 Å². The van der Waals surface area contributed by atoms with Crippen LogP contribution in [0.2, 0.25) is 0 Å². The van der Waals surface area contributed by atoms with Crippen molar-refractivity contribution in [3.63, 3.8) is 0 Å². The third-order valence-corrected chi connectivity index (χ3v) is 7.88. The number of nitrogens with one attached hydrogen (secondary N) is 4. The molecule has 1 heterocycles. The second kappa shape index (κ2) is 20.5. The summed E-state index contributed by atoms with van der Waals surface area (Å²) in [6, 6.07) is 8.42. The molecule has 1 aliphatic rings. The number of carbonyl (C=O) groups is 7. The number of hydrogen-bond acceptors (Lipinski definition) is 11. The number of rotatable bonds is 20. The molecular formula is C35H43N7O11. The van der Waals surface area contributed by atoms with Crippen LogP contribution in [0.25, 0.3) is 0 Å². The first kappa shape index (κ1) is 41.1. The standard InChI is InChI=1S/C35H43N7O11/c1-22(2)31(40-28(43)8-4-3-5-20-41-29(44)17-18-30(41)45)33(47)39-27(7-6-19-37-34(36)48)32(46)38-24-11-9-23(10-12-24)21-52-35(49)53-26-15-13-25(14-16-26)42(50)51/h9-18,22,27,31H,3-8,19-21H2,1-2H3,(H,38,46)(H,39,47)(H,40,43)(H3,36,37,48)/t27-,31+/m0/s1. The number of imide groups is 1. The van der Waals surface area contributed by atoms with E-state index in [9.17, 15) is 43.7 Å². The van der Waals surface area contributed by atoms with E-state index in [2.05, 4.69) is 21.3 Å². The fraction of sp³-hybridized carbons (Fsp3) is 0.400. The zero-order chi connectivity index (χ0) is 38.9. The highest BCUT2D eigenvalue weighted by Gasteiger charge is 2.29. The lowest BCUT2D eigenvalue weighted by molar-refractivity contribution is -0.384. The van der Waals surface area contributed by atoms with E-state index in [1.165, 1.54) is 36.4 Å². The van der Waals surface area contributed by atoms with Crippen molar-refractivity contribution in [1.82, 2.24) is 20.9 Å². The molecule has 3 rings (SSSR count). The van der Waals surface area contributed by atoms with Gasteiger partial charge in [0.15, 0.2) is 0 Å². The lowest BCUT2D eigenvalue weighted by Gasteiger charge is -2.25. The first-order valence-electron chi connectivity index (χ1n) is 16.9. The van der Waals surface area contributed by atoms with E-state index in [0.29, 0.717) is 30.5 Å². The number of nitrogens with two attached hydrogens (primary N) is 1. The zero-order valence-corrected chi connectivity index (χ0v) is 29.3. The average Bonchev–Trinajstić information content (AvgIpc) is 3.43. The van der Waals surface area contributed by atoms with Gasteiger partial charge in [0.2, 0.25) is 17.7 Å². The number of nitrogens with zero attached hydrogens (tertiary/aromatic N) is 2. The number of ether oxygens (including phenoxy) is 2. The monoisotopic (exact) mass is 737 g/mol. The van der Waals surface area contributed by atoms with Crippen LogP contribution in [0, 0.1) is 16.0 Å². The number of carbonyl (C=O) groups excluding carboxylic acids is 7. The molecule has 18 nitrogen and oxygen atoms in total. The number of hydrogen-bond donors (Lipinski definition) is 5. The second-order valence-electron chi connectivity index (χ2n) is 12.3. The van der Waals surface area contributed by atoms with E-state index in [-0.39, 0.29) is 74.0 Å². The molecule has 53 heavy (non-hydrogen) atoms. The average molecular weight is 738 g/mol. The molecule has 1 aliphatic heterocycles. The molecule has 7 amide bonds. The van der Waals surface area contributed by atoms with Gasteiger partial charge in [-0.15, -0.1) is 0 Å². The molecular weight excluding hydrogens is 694 g/mol. The fourth-order valence-corrected chi connectivity index (χ4v) is 5.03. The van der Waals surface area contributed by atoms with Crippen LogP contribution in [-0.2, 0) is 35.3 Å². The van der Waals surface area contributed by atoms with Crippen molar-refractivity contribution in [1.29, 1.82) is 0 Å². The second-order valence-corrected chi connectivity index (χ2v) is 12.3. The van der Waals surface area contributed by atoms with Crippen LogP contribution >= 0.6 is 0 Å². The van der Waals surface area contributed by atoms with Crippen LogP contribution in [0.4, 0.5) is 21.0 Å². The highest BCUT2D eigenvalue weighted by atomic mass is 16.7. The number of urea groups is 1. The summed E-state index contributed by atoms with van der Waals surface area (Å²) in [7, 11) is 0. The minimum Gasteiger partial charge on any atom is -0.429 e. The van der Waals surface area contributed by atoms with Crippen molar-refractivity contribution in [2.24, 2.45) is 11.7 Å². The van der Waals surface area contributed by atoms with Crippen molar-refractivity contribution in [2.45, 2.75) is 71.1 Å². The third-order valence-electron chi connectivity index (χ3n) is 7.88. The van der Waals surface area contributed by atoms with Crippen molar-refractivity contribution in [3.05, 3.63) is 76.4 Å². The molecule has 0 aromatic heterocycles.